The molecule has 114 valence electrons. The highest BCUT2D eigenvalue weighted by Gasteiger charge is 2.46. The molecule has 1 aliphatic heterocycles. The monoisotopic (exact) mass is 287 g/mol. The topological polar surface area (TPSA) is 46.2 Å². The predicted octanol–water partition coefficient (Wildman–Crippen LogP) is 3.51. The van der Waals surface area contributed by atoms with Crippen molar-refractivity contribution in [3.63, 3.8) is 0 Å². The third-order valence-electron chi connectivity index (χ3n) is 5.06. The molecule has 0 bridgehead atoms. The van der Waals surface area contributed by atoms with Crippen LogP contribution in [0.25, 0.3) is 0 Å². The molecule has 3 heteroatoms. The van der Waals surface area contributed by atoms with Crippen molar-refractivity contribution < 1.29 is 9.59 Å². The summed E-state index contributed by atoms with van der Waals surface area (Å²) in [7, 11) is 0. The van der Waals surface area contributed by atoms with Gasteiger partial charge in [0, 0.05) is 41.3 Å². The molecule has 1 fully saturated rings. The number of rotatable bonds is 0. The summed E-state index contributed by atoms with van der Waals surface area (Å²) in [5.41, 5.74) is 3.78. The van der Waals surface area contributed by atoms with E-state index in [9.17, 15) is 9.59 Å². The first kappa shape index (κ1) is 14.6. The van der Waals surface area contributed by atoms with Gasteiger partial charge in [-0.05, 0) is 30.6 Å². The summed E-state index contributed by atoms with van der Waals surface area (Å²) in [5, 5.41) is 3.38. The minimum absolute atomic E-state index is 0.00882. The summed E-state index contributed by atoms with van der Waals surface area (Å²) < 4.78 is 0. The number of carbonyl (C=O) groups is 2. The van der Waals surface area contributed by atoms with Gasteiger partial charge in [0.15, 0.2) is 11.6 Å². The lowest BCUT2D eigenvalue weighted by Gasteiger charge is -2.44. The normalized spacial score (nSPS) is 30.8. The summed E-state index contributed by atoms with van der Waals surface area (Å²) in [5.74, 6) is 0.459. The Kier molecular flexibility index (Phi) is 2.99. The zero-order chi connectivity index (χ0) is 15.6. The molecular formula is C18H25NO2. The average Bonchev–Trinajstić information content (AvgIpc) is 2.22. The maximum absolute atomic E-state index is 12.7. The smallest absolute Gasteiger partial charge is 0.161 e. The molecule has 1 unspecified atom stereocenters. The molecule has 3 aliphatic rings. The molecule has 1 atom stereocenters. The summed E-state index contributed by atoms with van der Waals surface area (Å²) in [6, 6.07) is 0. The van der Waals surface area contributed by atoms with Gasteiger partial charge in [0.05, 0.1) is 0 Å². The standard InChI is InChI=1S/C18H25NO2/c1-10-15-11(6-17(2,3)8-13(15)20)16-12(19-10)7-18(4,5)9-14(16)21/h11,19H,6-9H2,1-5H3. The summed E-state index contributed by atoms with van der Waals surface area (Å²) in [4.78, 5) is 25.2. The molecule has 0 saturated heterocycles. The molecule has 0 amide bonds. The van der Waals surface area contributed by atoms with E-state index in [0.717, 1.165) is 35.4 Å². The Morgan fingerprint density at radius 2 is 1.48 bits per heavy atom. The van der Waals surface area contributed by atoms with Gasteiger partial charge in [-0.1, -0.05) is 27.7 Å². The zero-order valence-electron chi connectivity index (χ0n) is 13.7. The Bertz CT molecular complexity index is 605. The molecule has 0 aromatic heterocycles. The second-order valence-electron chi connectivity index (χ2n) is 8.52. The van der Waals surface area contributed by atoms with Gasteiger partial charge < -0.3 is 5.32 Å². The number of nitrogens with one attached hydrogen (secondary N) is 1. The first-order valence-corrected chi connectivity index (χ1v) is 7.87. The molecule has 21 heavy (non-hydrogen) atoms. The molecule has 0 aromatic carbocycles. The van der Waals surface area contributed by atoms with Crippen LogP contribution in [-0.2, 0) is 9.59 Å². The molecule has 0 spiro atoms. The Balaban J connectivity index is 2.09. The van der Waals surface area contributed by atoms with Crippen LogP contribution in [0.4, 0.5) is 0 Å². The summed E-state index contributed by atoms with van der Waals surface area (Å²) >= 11 is 0. The zero-order valence-corrected chi connectivity index (χ0v) is 13.7. The predicted molar refractivity (Wildman–Crippen MR) is 82.4 cm³/mol. The van der Waals surface area contributed by atoms with Crippen molar-refractivity contribution in [2.75, 3.05) is 0 Å². The number of dihydropyridines is 1. The quantitative estimate of drug-likeness (QED) is 0.741. The lowest BCUT2D eigenvalue weighted by Crippen LogP contribution is -2.43. The number of Topliss-reactive ketones (excluding diaryl/α,β-unsaturated/α-hetero) is 2. The fourth-order valence-electron chi connectivity index (χ4n) is 4.31. The van der Waals surface area contributed by atoms with Crippen molar-refractivity contribution >= 4 is 11.6 Å². The van der Waals surface area contributed by atoms with Crippen LogP contribution in [0.2, 0.25) is 0 Å². The SMILES string of the molecule is CC1=C2C(=O)CC(C)(C)CC2C2=C(CC(C)(C)CC2=O)N1. The van der Waals surface area contributed by atoms with Crippen LogP contribution in [0.1, 0.15) is 60.3 Å². The van der Waals surface area contributed by atoms with Gasteiger partial charge >= 0.3 is 0 Å². The lowest BCUT2D eigenvalue weighted by atomic mass is 9.62. The van der Waals surface area contributed by atoms with Crippen molar-refractivity contribution in [2.45, 2.75) is 60.3 Å². The number of ketones is 2. The highest BCUT2D eigenvalue weighted by atomic mass is 16.1. The van der Waals surface area contributed by atoms with Crippen LogP contribution in [0.3, 0.4) is 0 Å². The Morgan fingerprint density at radius 1 is 0.905 bits per heavy atom. The van der Waals surface area contributed by atoms with E-state index in [0.29, 0.717) is 12.8 Å². The van der Waals surface area contributed by atoms with E-state index in [1.807, 2.05) is 6.92 Å². The van der Waals surface area contributed by atoms with Gasteiger partial charge in [-0.15, -0.1) is 0 Å². The van der Waals surface area contributed by atoms with Crippen molar-refractivity contribution in [1.82, 2.24) is 5.32 Å². The van der Waals surface area contributed by atoms with Crippen LogP contribution < -0.4 is 5.32 Å². The van der Waals surface area contributed by atoms with Crippen LogP contribution in [0.5, 0.6) is 0 Å². The van der Waals surface area contributed by atoms with Crippen LogP contribution in [0.15, 0.2) is 22.5 Å². The van der Waals surface area contributed by atoms with Gasteiger partial charge in [0.1, 0.15) is 0 Å². The van der Waals surface area contributed by atoms with Crippen molar-refractivity contribution in [3.05, 3.63) is 22.5 Å². The number of fused-ring (bicyclic) bond motifs is 2. The molecule has 1 saturated carbocycles. The Labute approximate surface area is 126 Å². The lowest BCUT2D eigenvalue weighted by molar-refractivity contribution is -0.121. The van der Waals surface area contributed by atoms with Gasteiger partial charge in [-0.3, -0.25) is 9.59 Å². The number of hydrogen-bond donors (Lipinski definition) is 1. The molecule has 1 heterocycles. The van der Waals surface area contributed by atoms with Crippen LogP contribution in [0, 0.1) is 16.7 Å². The van der Waals surface area contributed by atoms with Crippen molar-refractivity contribution in [2.24, 2.45) is 16.7 Å². The maximum Gasteiger partial charge on any atom is 0.161 e. The molecule has 2 aliphatic carbocycles. The first-order chi connectivity index (χ1) is 9.60. The van der Waals surface area contributed by atoms with E-state index in [-0.39, 0.29) is 28.3 Å². The largest absolute Gasteiger partial charge is 0.362 e. The Morgan fingerprint density at radius 3 is 2.14 bits per heavy atom. The van der Waals surface area contributed by atoms with E-state index in [2.05, 4.69) is 33.0 Å². The molecule has 3 nitrogen and oxygen atoms in total. The second-order valence-corrected chi connectivity index (χ2v) is 8.52. The Hall–Kier alpha value is -1.38. The summed E-state index contributed by atoms with van der Waals surface area (Å²) in [6.45, 7) is 10.5. The third-order valence-corrected chi connectivity index (χ3v) is 5.06. The second kappa shape index (κ2) is 4.31. The first-order valence-electron chi connectivity index (χ1n) is 7.87. The third kappa shape index (κ3) is 2.37. The maximum atomic E-state index is 12.7. The molecular weight excluding hydrogens is 262 g/mol. The summed E-state index contributed by atoms with van der Waals surface area (Å²) in [6.07, 6.45) is 2.97. The van der Waals surface area contributed by atoms with Crippen LogP contribution >= 0.6 is 0 Å². The van der Waals surface area contributed by atoms with Crippen LogP contribution in [-0.4, -0.2) is 11.6 Å². The van der Waals surface area contributed by atoms with E-state index < -0.39 is 0 Å². The molecule has 0 aromatic rings. The molecule has 0 radical (unpaired) electrons. The van der Waals surface area contributed by atoms with E-state index in [1.165, 1.54) is 0 Å². The minimum atomic E-state index is -0.0196. The van der Waals surface area contributed by atoms with E-state index in [4.69, 9.17) is 0 Å². The van der Waals surface area contributed by atoms with Gasteiger partial charge in [0.25, 0.3) is 0 Å². The van der Waals surface area contributed by atoms with Gasteiger partial charge in [-0.2, -0.15) is 0 Å². The van der Waals surface area contributed by atoms with Crippen molar-refractivity contribution in [3.8, 4) is 0 Å². The average molecular weight is 287 g/mol. The van der Waals surface area contributed by atoms with E-state index >= 15 is 0 Å². The highest BCUT2D eigenvalue weighted by Crippen LogP contribution is 2.49. The minimum Gasteiger partial charge on any atom is -0.362 e. The van der Waals surface area contributed by atoms with E-state index in [1.54, 1.807) is 0 Å². The van der Waals surface area contributed by atoms with Gasteiger partial charge in [0.2, 0.25) is 0 Å². The fraction of sp³-hybridized carbons (Fsp3) is 0.667. The van der Waals surface area contributed by atoms with Gasteiger partial charge in [-0.25, -0.2) is 0 Å². The number of hydrogen-bond acceptors (Lipinski definition) is 3. The highest BCUT2D eigenvalue weighted by molar-refractivity contribution is 6.05. The van der Waals surface area contributed by atoms with Crippen molar-refractivity contribution in [1.29, 1.82) is 0 Å². The molecule has 3 rings (SSSR count). The molecule has 1 N–H and O–H groups in total. The number of allylic oxidation sites excluding steroid dienone is 4. The number of carbonyl (C=O) groups excluding carboxylic acids is 2. The fourth-order valence-corrected chi connectivity index (χ4v) is 4.31.